The number of nitro benzene ring substituents is 1. The highest BCUT2D eigenvalue weighted by Crippen LogP contribution is 2.25. The van der Waals surface area contributed by atoms with Crippen molar-refractivity contribution < 1.29 is 9.66 Å². The Labute approximate surface area is 126 Å². The summed E-state index contributed by atoms with van der Waals surface area (Å²) in [6.45, 7) is 0.667. The predicted octanol–water partition coefficient (Wildman–Crippen LogP) is 3.25. The maximum Gasteiger partial charge on any atom is 0.293 e. The number of nitrogens with zero attached hydrogens (tertiary/aromatic N) is 1. The van der Waals surface area contributed by atoms with Crippen LogP contribution < -0.4 is 11.3 Å². The molecule has 0 unspecified atom stereocenters. The third kappa shape index (κ3) is 3.91. The van der Waals surface area contributed by atoms with E-state index >= 15 is 0 Å². The number of benzene rings is 2. The summed E-state index contributed by atoms with van der Waals surface area (Å²) < 4.78 is 5.56. The van der Waals surface area contributed by atoms with E-state index in [2.05, 4.69) is 5.43 Å². The van der Waals surface area contributed by atoms with Crippen molar-refractivity contribution in [3.05, 3.63) is 68.7 Å². The summed E-state index contributed by atoms with van der Waals surface area (Å²) in [5, 5.41) is 11.4. The molecule has 0 amide bonds. The highest BCUT2D eigenvalue weighted by Gasteiger charge is 2.13. The Bertz CT molecular complexity index is 649. The average molecular weight is 308 g/mol. The summed E-state index contributed by atoms with van der Waals surface area (Å²) in [4.78, 5) is 10.3. The molecule has 0 radical (unpaired) electrons. The van der Waals surface area contributed by atoms with E-state index < -0.39 is 4.92 Å². The van der Waals surface area contributed by atoms with Crippen molar-refractivity contribution in [3.63, 3.8) is 0 Å². The molecule has 3 N–H and O–H groups in total. The van der Waals surface area contributed by atoms with E-state index in [0.29, 0.717) is 18.2 Å². The minimum atomic E-state index is -0.496. The molecule has 2 aromatic rings. The van der Waals surface area contributed by atoms with Crippen molar-refractivity contribution in [2.75, 3.05) is 5.43 Å². The molecular weight excluding hydrogens is 294 g/mol. The summed E-state index contributed by atoms with van der Waals surface area (Å²) in [6, 6.07) is 12.0. The number of rotatable bonds is 6. The molecule has 0 spiro atoms. The number of hydrogen-bond acceptors (Lipinski definition) is 5. The van der Waals surface area contributed by atoms with Gasteiger partial charge < -0.3 is 10.2 Å². The summed E-state index contributed by atoms with van der Waals surface area (Å²) >= 11 is 6.03. The third-order valence-electron chi connectivity index (χ3n) is 2.90. The van der Waals surface area contributed by atoms with E-state index in [9.17, 15) is 10.1 Å². The zero-order valence-electron chi connectivity index (χ0n) is 11.1. The van der Waals surface area contributed by atoms with Gasteiger partial charge in [-0.3, -0.25) is 16.0 Å². The SMILES string of the molecule is NNc1cc(COCc2ccccc2Cl)ccc1[N+](=O)[O-]. The van der Waals surface area contributed by atoms with Gasteiger partial charge in [-0.15, -0.1) is 0 Å². The Hall–Kier alpha value is -2.15. The number of hydrazine groups is 1. The van der Waals surface area contributed by atoms with Gasteiger partial charge in [-0.2, -0.15) is 0 Å². The van der Waals surface area contributed by atoms with Crippen molar-refractivity contribution in [1.82, 2.24) is 0 Å². The maximum atomic E-state index is 10.8. The number of nitrogens with two attached hydrogens (primary N) is 1. The summed E-state index contributed by atoms with van der Waals surface area (Å²) in [6.07, 6.45) is 0. The number of nitro groups is 1. The Kier molecular flexibility index (Phi) is 5.10. The first kappa shape index (κ1) is 15.2. The molecule has 0 saturated heterocycles. The standard InChI is InChI=1S/C14H14ClN3O3/c15-12-4-2-1-3-11(12)9-21-8-10-5-6-14(18(19)20)13(7-10)17-16/h1-7,17H,8-9,16H2. The maximum absolute atomic E-state index is 10.8. The number of anilines is 1. The zero-order chi connectivity index (χ0) is 15.2. The van der Waals surface area contributed by atoms with E-state index in [1.54, 1.807) is 18.2 Å². The smallest absolute Gasteiger partial charge is 0.293 e. The molecular formula is C14H14ClN3O3. The van der Waals surface area contributed by atoms with Gasteiger partial charge in [0, 0.05) is 11.1 Å². The summed E-state index contributed by atoms with van der Waals surface area (Å²) in [7, 11) is 0. The number of ether oxygens (including phenoxy) is 1. The van der Waals surface area contributed by atoms with E-state index in [0.717, 1.165) is 11.1 Å². The summed E-state index contributed by atoms with van der Waals surface area (Å²) in [5.41, 5.74) is 4.15. The average Bonchev–Trinajstić information content (AvgIpc) is 2.48. The number of hydrogen-bond donors (Lipinski definition) is 2. The van der Waals surface area contributed by atoms with Gasteiger partial charge in [0.25, 0.3) is 5.69 Å². The van der Waals surface area contributed by atoms with Crippen molar-refractivity contribution >= 4 is 23.0 Å². The highest BCUT2D eigenvalue weighted by molar-refractivity contribution is 6.31. The molecule has 110 valence electrons. The monoisotopic (exact) mass is 307 g/mol. The molecule has 0 aromatic heterocycles. The molecule has 21 heavy (non-hydrogen) atoms. The second-order valence-electron chi connectivity index (χ2n) is 4.34. The lowest BCUT2D eigenvalue weighted by Gasteiger charge is -2.08. The van der Waals surface area contributed by atoms with Gasteiger partial charge in [-0.25, -0.2) is 0 Å². The predicted molar refractivity (Wildman–Crippen MR) is 80.9 cm³/mol. The lowest BCUT2D eigenvalue weighted by atomic mass is 10.2. The van der Waals surface area contributed by atoms with Crippen LogP contribution in [0.3, 0.4) is 0 Å². The number of nitrogen functional groups attached to an aromatic ring is 1. The van der Waals surface area contributed by atoms with Gasteiger partial charge >= 0.3 is 0 Å². The highest BCUT2D eigenvalue weighted by atomic mass is 35.5. The number of nitrogens with one attached hydrogen (secondary N) is 1. The van der Waals surface area contributed by atoms with Gasteiger partial charge in [0.2, 0.25) is 0 Å². The fraction of sp³-hybridized carbons (Fsp3) is 0.143. The van der Waals surface area contributed by atoms with Crippen LogP contribution in [0.2, 0.25) is 5.02 Å². The fourth-order valence-electron chi connectivity index (χ4n) is 1.84. The molecule has 2 rings (SSSR count). The minimum Gasteiger partial charge on any atom is -0.372 e. The number of halogens is 1. The second-order valence-corrected chi connectivity index (χ2v) is 4.74. The first-order valence-corrected chi connectivity index (χ1v) is 6.54. The van der Waals surface area contributed by atoms with Gasteiger partial charge in [0.15, 0.2) is 0 Å². The van der Waals surface area contributed by atoms with Crippen LogP contribution in [0.25, 0.3) is 0 Å². The van der Waals surface area contributed by atoms with E-state index in [4.69, 9.17) is 22.2 Å². The molecule has 0 fully saturated rings. The first-order chi connectivity index (χ1) is 10.1. The normalized spacial score (nSPS) is 10.4. The lowest BCUT2D eigenvalue weighted by molar-refractivity contribution is -0.384. The molecule has 0 aliphatic rings. The van der Waals surface area contributed by atoms with Gasteiger partial charge in [0.1, 0.15) is 5.69 Å². The van der Waals surface area contributed by atoms with Crippen LogP contribution in [-0.4, -0.2) is 4.92 Å². The van der Waals surface area contributed by atoms with E-state index in [-0.39, 0.29) is 11.4 Å². The minimum absolute atomic E-state index is 0.0765. The molecule has 0 aliphatic heterocycles. The van der Waals surface area contributed by atoms with Crippen LogP contribution in [0.5, 0.6) is 0 Å². The van der Waals surface area contributed by atoms with Crippen LogP contribution in [0.1, 0.15) is 11.1 Å². The molecule has 0 heterocycles. The molecule has 7 heteroatoms. The van der Waals surface area contributed by atoms with Crippen LogP contribution in [-0.2, 0) is 18.0 Å². The van der Waals surface area contributed by atoms with Crippen LogP contribution >= 0.6 is 11.6 Å². The Morgan fingerprint density at radius 3 is 2.67 bits per heavy atom. The van der Waals surface area contributed by atoms with E-state index in [1.807, 2.05) is 18.2 Å². The van der Waals surface area contributed by atoms with Crippen LogP contribution in [0.4, 0.5) is 11.4 Å². The van der Waals surface area contributed by atoms with E-state index in [1.165, 1.54) is 6.07 Å². The third-order valence-corrected chi connectivity index (χ3v) is 3.27. The van der Waals surface area contributed by atoms with Crippen LogP contribution in [0, 0.1) is 10.1 Å². The summed E-state index contributed by atoms with van der Waals surface area (Å²) in [5.74, 6) is 5.28. The second kappa shape index (κ2) is 7.03. The first-order valence-electron chi connectivity index (χ1n) is 6.17. The lowest BCUT2D eigenvalue weighted by Crippen LogP contribution is -2.09. The quantitative estimate of drug-likeness (QED) is 0.485. The van der Waals surface area contributed by atoms with Crippen molar-refractivity contribution in [3.8, 4) is 0 Å². The topological polar surface area (TPSA) is 90.4 Å². The molecule has 6 nitrogen and oxygen atoms in total. The Morgan fingerprint density at radius 1 is 1.24 bits per heavy atom. The Morgan fingerprint density at radius 2 is 2.00 bits per heavy atom. The fourth-order valence-corrected chi connectivity index (χ4v) is 2.03. The molecule has 2 aromatic carbocycles. The van der Waals surface area contributed by atoms with Gasteiger partial charge in [0.05, 0.1) is 18.1 Å². The molecule has 0 atom stereocenters. The molecule has 0 saturated carbocycles. The largest absolute Gasteiger partial charge is 0.372 e. The van der Waals surface area contributed by atoms with Crippen molar-refractivity contribution in [2.45, 2.75) is 13.2 Å². The Balaban J connectivity index is 2.01. The van der Waals surface area contributed by atoms with Crippen LogP contribution in [0.15, 0.2) is 42.5 Å². The molecule has 0 bridgehead atoms. The van der Waals surface area contributed by atoms with Gasteiger partial charge in [-0.05, 0) is 29.3 Å². The van der Waals surface area contributed by atoms with Gasteiger partial charge in [-0.1, -0.05) is 29.8 Å². The zero-order valence-corrected chi connectivity index (χ0v) is 11.8. The van der Waals surface area contributed by atoms with Crippen molar-refractivity contribution in [1.29, 1.82) is 0 Å². The molecule has 0 aliphatic carbocycles. The van der Waals surface area contributed by atoms with Crippen molar-refractivity contribution in [2.24, 2.45) is 5.84 Å².